The number of benzene rings is 2. The number of carbonyl (C=O) groups is 1. The number of rotatable bonds is 3. The van der Waals surface area contributed by atoms with Crippen molar-refractivity contribution >= 4 is 22.6 Å². The molecule has 1 heterocycles. The first-order chi connectivity index (χ1) is 11.1. The van der Waals surface area contributed by atoms with Crippen LogP contribution in [0.3, 0.4) is 0 Å². The van der Waals surface area contributed by atoms with Crippen LogP contribution in [0.2, 0.25) is 0 Å². The minimum absolute atomic E-state index is 0.0130. The van der Waals surface area contributed by atoms with Crippen molar-refractivity contribution in [3.05, 3.63) is 75.6 Å². The van der Waals surface area contributed by atoms with Crippen LogP contribution in [-0.4, -0.2) is 5.91 Å². The molecule has 0 aliphatic rings. The maximum Gasteiger partial charge on any atom is 0.291 e. The molecule has 0 saturated carbocycles. The van der Waals surface area contributed by atoms with E-state index in [9.17, 15) is 9.59 Å². The van der Waals surface area contributed by atoms with Gasteiger partial charge in [0.05, 0.1) is 5.39 Å². The molecule has 0 unspecified atom stereocenters. The Balaban J connectivity index is 2.00. The lowest BCUT2D eigenvalue weighted by Crippen LogP contribution is -2.16. The second-order valence-corrected chi connectivity index (χ2v) is 5.39. The van der Waals surface area contributed by atoms with Crippen molar-refractivity contribution in [2.24, 2.45) is 0 Å². The Bertz CT molecular complexity index is 941. The summed E-state index contributed by atoms with van der Waals surface area (Å²) in [7, 11) is 0. The van der Waals surface area contributed by atoms with Crippen molar-refractivity contribution in [1.82, 2.24) is 0 Å². The highest BCUT2D eigenvalue weighted by atomic mass is 16.3. The van der Waals surface area contributed by atoms with E-state index in [1.54, 1.807) is 24.3 Å². The van der Waals surface area contributed by atoms with Gasteiger partial charge in [0.2, 0.25) is 0 Å². The molecular weight excluding hydrogens is 290 g/mol. The first kappa shape index (κ1) is 15.0. The first-order valence-corrected chi connectivity index (χ1v) is 7.53. The topological polar surface area (TPSA) is 59.3 Å². The van der Waals surface area contributed by atoms with Crippen LogP contribution in [0.15, 0.2) is 57.7 Å². The summed E-state index contributed by atoms with van der Waals surface area (Å²) < 4.78 is 5.58. The van der Waals surface area contributed by atoms with E-state index >= 15 is 0 Å². The molecule has 0 aliphatic carbocycles. The number of anilines is 1. The minimum Gasteiger partial charge on any atom is -0.451 e. The summed E-state index contributed by atoms with van der Waals surface area (Å²) in [5.74, 6) is -0.407. The van der Waals surface area contributed by atoms with Crippen molar-refractivity contribution in [1.29, 1.82) is 0 Å². The number of hydrogen-bond acceptors (Lipinski definition) is 3. The zero-order valence-corrected chi connectivity index (χ0v) is 13.1. The van der Waals surface area contributed by atoms with Crippen LogP contribution >= 0.6 is 0 Å². The molecule has 0 radical (unpaired) electrons. The summed E-state index contributed by atoms with van der Waals surface area (Å²) in [6.45, 7) is 3.96. The van der Waals surface area contributed by atoms with E-state index in [0.29, 0.717) is 11.0 Å². The fourth-order valence-electron chi connectivity index (χ4n) is 2.59. The average molecular weight is 307 g/mol. The second-order valence-electron chi connectivity index (χ2n) is 5.39. The van der Waals surface area contributed by atoms with Gasteiger partial charge in [0, 0.05) is 11.8 Å². The molecule has 2 aromatic carbocycles. The van der Waals surface area contributed by atoms with Crippen LogP contribution in [0.1, 0.15) is 28.6 Å². The van der Waals surface area contributed by atoms with Crippen LogP contribution in [0.25, 0.3) is 11.0 Å². The summed E-state index contributed by atoms with van der Waals surface area (Å²) >= 11 is 0. The van der Waals surface area contributed by atoms with E-state index in [4.69, 9.17) is 4.42 Å². The van der Waals surface area contributed by atoms with Crippen molar-refractivity contribution in [2.75, 3.05) is 5.32 Å². The van der Waals surface area contributed by atoms with E-state index < -0.39 is 5.91 Å². The number of fused-ring (bicyclic) bond motifs is 1. The molecule has 0 saturated heterocycles. The molecular formula is C19H17NO3. The Kier molecular flexibility index (Phi) is 3.98. The number of nitrogens with one attached hydrogen (secondary N) is 1. The third kappa shape index (κ3) is 2.88. The van der Waals surface area contributed by atoms with E-state index in [1.807, 2.05) is 32.0 Å². The molecule has 0 spiro atoms. The van der Waals surface area contributed by atoms with Crippen LogP contribution in [-0.2, 0) is 6.42 Å². The molecule has 3 aromatic rings. The molecule has 23 heavy (non-hydrogen) atoms. The Morgan fingerprint density at radius 3 is 2.70 bits per heavy atom. The van der Waals surface area contributed by atoms with Crippen molar-refractivity contribution in [3.8, 4) is 0 Å². The van der Waals surface area contributed by atoms with Gasteiger partial charge in [-0.25, -0.2) is 0 Å². The number of aryl methyl sites for hydroxylation is 2. The van der Waals surface area contributed by atoms with Crippen molar-refractivity contribution in [3.63, 3.8) is 0 Å². The van der Waals surface area contributed by atoms with Crippen LogP contribution in [0.5, 0.6) is 0 Å². The standard InChI is InChI=1S/C19H17NO3/c1-3-13-8-6-7-12(2)18(13)20-19(22)17-11-15(21)14-9-4-5-10-16(14)23-17/h4-11H,3H2,1-2H3,(H,20,22). The third-order valence-electron chi connectivity index (χ3n) is 3.84. The van der Waals surface area contributed by atoms with Crippen molar-refractivity contribution < 1.29 is 9.21 Å². The highest BCUT2D eigenvalue weighted by Crippen LogP contribution is 2.22. The smallest absolute Gasteiger partial charge is 0.291 e. The van der Waals surface area contributed by atoms with E-state index in [2.05, 4.69) is 5.32 Å². The maximum absolute atomic E-state index is 12.5. The number of carbonyl (C=O) groups excluding carboxylic acids is 1. The summed E-state index contributed by atoms with van der Waals surface area (Å²) in [5.41, 5.74) is 2.97. The molecule has 1 aromatic heterocycles. The van der Waals surface area contributed by atoms with Gasteiger partial charge in [-0.15, -0.1) is 0 Å². The predicted octanol–water partition coefficient (Wildman–Crippen LogP) is 3.92. The van der Waals surface area contributed by atoms with Gasteiger partial charge in [-0.3, -0.25) is 9.59 Å². The monoisotopic (exact) mass is 307 g/mol. The van der Waals surface area contributed by atoms with E-state index in [0.717, 1.165) is 23.2 Å². The molecule has 0 atom stereocenters. The van der Waals surface area contributed by atoms with Gasteiger partial charge < -0.3 is 9.73 Å². The van der Waals surface area contributed by atoms with Gasteiger partial charge in [-0.2, -0.15) is 0 Å². The first-order valence-electron chi connectivity index (χ1n) is 7.53. The molecule has 1 amide bonds. The van der Waals surface area contributed by atoms with Gasteiger partial charge in [0.25, 0.3) is 5.91 Å². The van der Waals surface area contributed by atoms with Gasteiger partial charge in [-0.05, 0) is 36.6 Å². The lowest BCUT2D eigenvalue weighted by molar-refractivity contribution is 0.0997. The summed E-state index contributed by atoms with van der Waals surface area (Å²) in [5, 5.41) is 3.33. The zero-order valence-electron chi connectivity index (χ0n) is 13.1. The number of para-hydroxylation sites is 2. The normalized spacial score (nSPS) is 10.7. The van der Waals surface area contributed by atoms with Gasteiger partial charge >= 0.3 is 0 Å². The largest absolute Gasteiger partial charge is 0.451 e. The molecule has 116 valence electrons. The summed E-state index contributed by atoms with van der Waals surface area (Å²) in [6.07, 6.45) is 0.805. The molecule has 4 heteroatoms. The van der Waals surface area contributed by atoms with Crippen LogP contribution in [0.4, 0.5) is 5.69 Å². The van der Waals surface area contributed by atoms with Crippen LogP contribution < -0.4 is 10.7 Å². The Morgan fingerprint density at radius 1 is 1.13 bits per heavy atom. The highest BCUT2D eigenvalue weighted by molar-refractivity contribution is 6.03. The van der Waals surface area contributed by atoms with E-state index in [-0.39, 0.29) is 11.2 Å². The van der Waals surface area contributed by atoms with Crippen molar-refractivity contribution in [2.45, 2.75) is 20.3 Å². The predicted molar refractivity (Wildman–Crippen MR) is 91.0 cm³/mol. The minimum atomic E-state index is -0.420. The number of amides is 1. The SMILES string of the molecule is CCc1cccc(C)c1NC(=O)c1cc(=O)c2ccccc2o1. The molecule has 0 aliphatic heterocycles. The van der Waals surface area contributed by atoms with Gasteiger partial charge in [0.1, 0.15) is 5.58 Å². The van der Waals surface area contributed by atoms with Crippen LogP contribution in [0, 0.1) is 6.92 Å². The second kappa shape index (κ2) is 6.08. The Labute approximate surface area is 133 Å². The zero-order chi connectivity index (χ0) is 16.4. The summed E-state index contributed by atoms with van der Waals surface area (Å²) in [4.78, 5) is 24.6. The molecule has 3 rings (SSSR count). The average Bonchev–Trinajstić information content (AvgIpc) is 2.56. The Morgan fingerprint density at radius 2 is 1.91 bits per heavy atom. The molecule has 4 nitrogen and oxygen atoms in total. The quantitative estimate of drug-likeness (QED) is 0.798. The number of hydrogen-bond donors (Lipinski definition) is 1. The maximum atomic E-state index is 12.5. The lowest BCUT2D eigenvalue weighted by Gasteiger charge is -2.12. The van der Waals surface area contributed by atoms with E-state index in [1.165, 1.54) is 6.07 Å². The van der Waals surface area contributed by atoms with Gasteiger partial charge in [0.15, 0.2) is 11.2 Å². The summed E-state index contributed by atoms with van der Waals surface area (Å²) in [6, 6.07) is 14.0. The molecule has 1 N–H and O–H groups in total. The van der Waals surface area contributed by atoms with Gasteiger partial charge in [-0.1, -0.05) is 37.3 Å². The lowest BCUT2D eigenvalue weighted by atomic mass is 10.1. The molecule has 0 bridgehead atoms. The fraction of sp³-hybridized carbons (Fsp3) is 0.158. The fourth-order valence-corrected chi connectivity index (χ4v) is 2.59. The third-order valence-corrected chi connectivity index (χ3v) is 3.84. The Hall–Kier alpha value is -2.88. The molecule has 0 fully saturated rings. The highest BCUT2D eigenvalue weighted by Gasteiger charge is 2.14.